The Morgan fingerprint density at radius 1 is 1.56 bits per heavy atom. The summed E-state index contributed by atoms with van der Waals surface area (Å²) >= 11 is 5.91. The highest BCUT2D eigenvalue weighted by molar-refractivity contribution is 6.31. The van der Waals surface area contributed by atoms with Crippen LogP contribution in [0.2, 0.25) is 5.02 Å². The van der Waals surface area contributed by atoms with Crippen LogP contribution in [0.3, 0.4) is 0 Å². The first-order valence-electron chi connectivity index (χ1n) is 5.44. The van der Waals surface area contributed by atoms with E-state index >= 15 is 0 Å². The van der Waals surface area contributed by atoms with Crippen LogP contribution in [0, 0.1) is 6.92 Å². The lowest BCUT2D eigenvalue weighted by molar-refractivity contribution is 0.0940. The van der Waals surface area contributed by atoms with Crippen LogP contribution in [0.1, 0.15) is 22.3 Å². The quantitative estimate of drug-likeness (QED) is 0.824. The number of halogens is 1. The maximum Gasteiger partial charge on any atom is 0.251 e. The van der Waals surface area contributed by atoms with E-state index < -0.39 is 0 Å². The largest absolute Gasteiger partial charge is 0.348 e. The van der Waals surface area contributed by atoms with Gasteiger partial charge in [-0.2, -0.15) is 0 Å². The van der Waals surface area contributed by atoms with Crippen LogP contribution in [0.4, 0.5) is 0 Å². The van der Waals surface area contributed by atoms with Crippen molar-refractivity contribution < 1.29 is 4.79 Å². The van der Waals surface area contributed by atoms with Gasteiger partial charge in [-0.05, 0) is 43.7 Å². The van der Waals surface area contributed by atoms with Crippen molar-refractivity contribution in [1.82, 2.24) is 10.6 Å². The molecule has 1 aromatic carbocycles. The lowest BCUT2D eigenvalue weighted by Crippen LogP contribution is -2.36. The highest BCUT2D eigenvalue weighted by atomic mass is 35.5. The predicted octanol–water partition coefficient (Wildman–Crippen LogP) is 1.74. The van der Waals surface area contributed by atoms with Gasteiger partial charge in [0.1, 0.15) is 0 Å². The zero-order valence-corrected chi connectivity index (χ0v) is 9.97. The molecule has 4 heteroatoms. The van der Waals surface area contributed by atoms with Crippen molar-refractivity contribution in [3.05, 3.63) is 34.3 Å². The number of hydrogen-bond donors (Lipinski definition) is 2. The molecule has 0 bridgehead atoms. The van der Waals surface area contributed by atoms with E-state index in [1.807, 2.05) is 13.0 Å². The second-order valence-electron chi connectivity index (χ2n) is 4.13. The van der Waals surface area contributed by atoms with Gasteiger partial charge in [-0.15, -0.1) is 0 Å². The number of rotatable bonds is 2. The smallest absolute Gasteiger partial charge is 0.251 e. The van der Waals surface area contributed by atoms with Gasteiger partial charge in [0.05, 0.1) is 0 Å². The molecule has 1 saturated heterocycles. The maximum absolute atomic E-state index is 11.9. The van der Waals surface area contributed by atoms with Crippen molar-refractivity contribution in [1.29, 1.82) is 0 Å². The van der Waals surface area contributed by atoms with E-state index in [0.717, 1.165) is 25.1 Å². The minimum absolute atomic E-state index is 0.0199. The SMILES string of the molecule is Cc1cc(C(=O)NC2CCNC2)ccc1Cl. The second kappa shape index (κ2) is 4.85. The van der Waals surface area contributed by atoms with Crippen molar-refractivity contribution in [3.8, 4) is 0 Å². The van der Waals surface area contributed by atoms with Crippen molar-refractivity contribution in [3.63, 3.8) is 0 Å². The molecular weight excluding hydrogens is 224 g/mol. The molecule has 16 heavy (non-hydrogen) atoms. The first-order valence-corrected chi connectivity index (χ1v) is 5.82. The number of aryl methyl sites for hydroxylation is 1. The Hall–Kier alpha value is -1.06. The van der Waals surface area contributed by atoms with Crippen LogP contribution < -0.4 is 10.6 Å². The predicted molar refractivity (Wildman–Crippen MR) is 64.9 cm³/mol. The summed E-state index contributed by atoms with van der Waals surface area (Å²) in [6, 6.07) is 5.59. The molecule has 0 aromatic heterocycles. The van der Waals surface area contributed by atoms with E-state index in [0.29, 0.717) is 10.6 Å². The highest BCUT2D eigenvalue weighted by Gasteiger charge is 2.17. The van der Waals surface area contributed by atoms with Crippen LogP contribution >= 0.6 is 11.6 Å². The molecule has 86 valence electrons. The van der Waals surface area contributed by atoms with Crippen LogP contribution in [-0.4, -0.2) is 25.0 Å². The van der Waals surface area contributed by atoms with Gasteiger partial charge >= 0.3 is 0 Å². The van der Waals surface area contributed by atoms with Gasteiger partial charge in [-0.25, -0.2) is 0 Å². The Balaban J connectivity index is 2.05. The summed E-state index contributed by atoms with van der Waals surface area (Å²) in [5, 5.41) is 6.90. The fraction of sp³-hybridized carbons (Fsp3) is 0.417. The molecular formula is C12H15ClN2O. The third kappa shape index (κ3) is 2.54. The topological polar surface area (TPSA) is 41.1 Å². The molecule has 1 aliphatic rings. The molecule has 1 aliphatic heterocycles. The number of amides is 1. The summed E-state index contributed by atoms with van der Waals surface area (Å²) in [5.41, 5.74) is 1.60. The Kier molecular flexibility index (Phi) is 3.46. The Morgan fingerprint density at radius 2 is 2.38 bits per heavy atom. The molecule has 1 heterocycles. The Labute approximate surface area is 100 Å². The van der Waals surface area contributed by atoms with E-state index in [1.54, 1.807) is 12.1 Å². The minimum atomic E-state index is -0.0199. The number of nitrogens with one attached hydrogen (secondary N) is 2. The lowest BCUT2D eigenvalue weighted by atomic mass is 10.1. The molecule has 2 N–H and O–H groups in total. The molecule has 0 radical (unpaired) electrons. The van der Waals surface area contributed by atoms with E-state index in [4.69, 9.17) is 11.6 Å². The summed E-state index contributed by atoms with van der Waals surface area (Å²) in [6.07, 6.45) is 0.998. The van der Waals surface area contributed by atoms with Gasteiger partial charge in [0, 0.05) is 23.2 Å². The van der Waals surface area contributed by atoms with Crippen molar-refractivity contribution in [2.75, 3.05) is 13.1 Å². The Bertz CT molecular complexity index is 400. The first kappa shape index (κ1) is 11.4. The zero-order chi connectivity index (χ0) is 11.5. The van der Waals surface area contributed by atoms with Crippen molar-refractivity contribution in [2.24, 2.45) is 0 Å². The minimum Gasteiger partial charge on any atom is -0.348 e. The van der Waals surface area contributed by atoms with E-state index in [-0.39, 0.29) is 11.9 Å². The summed E-state index contributed by atoms with van der Waals surface area (Å²) in [4.78, 5) is 11.9. The third-order valence-electron chi connectivity index (χ3n) is 2.82. The molecule has 1 amide bonds. The molecule has 0 saturated carbocycles. The van der Waals surface area contributed by atoms with Crippen molar-refractivity contribution in [2.45, 2.75) is 19.4 Å². The molecule has 1 aromatic rings. The zero-order valence-electron chi connectivity index (χ0n) is 9.22. The average molecular weight is 239 g/mol. The fourth-order valence-electron chi connectivity index (χ4n) is 1.83. The summed E-state index contributed by atoms with van der Waals surface area (Å²) in [6.45, 7) is 3.74. The monoisotopic (exact) mass is 238 g/mol. The van der Waals surface area contributed by atoms with E-state index in [9.17, 15) is 4.79 Å². The fourth-order valence-corrected chi connectivity index (χ4v) is 1.95. The van der Waals surface area contributed by atoms with Gasteiger partial charge in [-0.3, -0.25) is 4.79 Å². The average Bonchev–Trinajstić information content (AvgIpc) is 2.74. The summed E-state index contributed by atoms with van der Waals surface area (Å²) < 4.78 is 0. The van der Waals surface area contributed by atoms with Crippen LogP contribution in [0.25, 0.3) is 0 Å². The van der Waals surface area contributed by atoms with Gasteiger partial charge in [0.25, 0.3) is 5.91 Å². The van der Waals surface area contributed by atoms with Crippen LogP contribution in [0.5, 0.6) is 0 Å². The van der Waals surface area contributed by atoms with Crippen LogP contribution in [0.15, 0.2) is 18.2 Å². The lowest BCUT2D eigenvalue weighted by Gasteiger charge is -2.11. The number of carbonyl (C=O) groups excluding carboxylic acids is 1. The first-order chi connectivity index (χ1) is 7.66. The van der Waals surface area contributed by atoms with Crippen LogP contribution in [-0.2, 0) is 0 Å². The molecule has 0 aliphatic carbocycles. The molecule has 0 spiro atoms. The van der Waals surface area contributed by atoms with E-state index in [2.05, 4.69) is 10.6 Å². The van der Waals surface area contributed by atoms with E-state index in [1.165, 1.54) is 0 Å². The molecule has 1 atom stereocenters. The second-order valence-corrected chi connectivity index (χ2v) is 4.53. The normalized spacial score (nSPS) is 19.8. The third-order valence-corrected chi connectivity index (χ3v) is 3.24. The summed E-state index contributed by atoms with van der Waals surface area (Å²) in [7, 11) is 0. The number of benzene rings is 1. The number of carbonyl (C=O) groups is 1. The van der Waals surface area contributed by atoms with Gasteiger partial charge in [-0.1, -0.05) is 11.6 Å². The van der Waals surface area contributed by atoms with Gasteiger partial charge < -0.3 is 10.6 Å². The molecule has 3 nitrogen and oxygen atoms in total. The highest BCUT2D eigenvalue weighted by Crippen LogP contribution is 2.16. The maximum atomic E-state index is 11.9. The standard InChI is InChI=1S/C12H15ClN2O/c1-8-6-9(2-3-11(8)13)12(16)15-10-4-5-14-7-10/h2-3,6,10,14H,4-5,7H2,1H3,(H,15,16). The van der Waals surface area contributed by atoms with Gasteiger partial charge in [0.15, 0.2) is 0 Å². The van der Waals surface area contributed by atoms with Crippen molar-refractivity contribution >= 4 is 17.5 Å². The molecule has 2 rings (SSSR count). The molecule has 1 unspecified atom stereocenters. The van der Waals surface area contributed by atoms with Gasteiger partial charge in [0.2, 0.25) is 0 Å². The summed E-state index contributed by atoms with van der Waals surface area (Å²) in [5.74, 6) is -0.0199. The molecule has 1 fully saturated rings. The Morgan fingerprint density at radius 3 is 3.00 bits per heavy atom. The number of hydrogen-bond acceptors (Lipinski definition) is 2.